The van der Waals surface area contributed by atoms with Crippen molar-refractivity contribution in [2.45, 2.75) is 32.2 Å². The van der Waals surface area contributed by atoms with Crippen molar-refractivity contribution in [1.29, 1.82) is 0 Å². The lowest BCUT2D eigenvalue weighted by atomic mass is 10.1. The number of hydrogen-bond donors (Lipinski definition) is 1. The van der Waals surface area contributed by atoms with E-state index < -0.39 is 18.2 Å². The third-order valence-corrected chi connectivity index (χ3v) is 4.18. The fraction of sp³-hybridized carbons (Fsp3) is 0.368. The second kappa shape index (κ2) is 9.75. The fourth-order valence-electron chi connectivity index (χ4n) is 2.62. The van der Waals surface area contributed by atoms with Crippen LogP contribution in [0.2, 0.25) is 5.02 Å². The Balaban J connectivity index is 2.06. The molecule has 1 heterocycles. The Morgan fingerprint density at radius 3 is 2.68 bits per heavy atom. The van der Waals surface area contributed by atoms with Gasteiger partial charge in [-0.05, 0) is 30.2 Å². The minimum Gasteiger partial charge on any atom is -0.404 e. The molecule has 0 saturated heterocycles. The summed E-state index contributed by atoms with van der Waals surface area (Å²) in [6.07, 6.45) is -2.01. The summed E-state index contributed by atoms with van der Waals surface area (Å²) in [7, 11) is 0. The van der Waals surface area contributed by atoms with Crippen molar-refractivity contribution in [3.05, 3.63) is 58.9 Å². The first-order valence-corrected chi connectivity index (χ1v) is 8.97. The maximum atomic E-state index is 12.6. The lowest BCUT2D eigenvalue weighted by Gasteiger charge is -2.25. The van der Waals surface area contributed by atoms with Crippen LogP contribution in [0.25, 0.3) is 0 Å². The molecule has 1 amide bonds. The predicted molar refractivity (Wildman–Crippen MR) is 97.9 cm³/mol. The van der Waals surface area contributed by atoms with E-state index in [1.54, 1.807) is 18.3 Å². The van der Waals surface area contributed by atoms with Crippen LogP contribution in [0.3, 0.4) is 0 Å². The monoisotopic (exact) mass is 416 g/mol. The fourth-order valence-corrected chi connectivity index (χ4v) is 2.86. The average Bonchev–Trinajstić information content (AvgIpc) is 2.63. The number of halogens is 4. The molecule has 152 valence electrons. The number of pyridine rings is 1. The average molecular weight is 417 g/mol. The zero-order valence-corrected chi connectivity index (χ0v) is 15.9. The van der Waals surface area contributed by atoms with E-state index in [0.717, 1.165) is 6.07 Å². The van der Waals surface area contributed by atoms with Crippen LogP contribution in [0, 0.1) is 0 Å². The Bertz CT molecular complexity index is 788. The van der Waals surface area contributed by atoms with E-state index in [4.69, 9.17) is 11.6 Å². The lowest BCUT2D eigenvalue weighted by Crippen LogP contribution is -2.36. The van der Waals surface area contributed by atoms with Crippen LogP contribution in [-0.2, 0) is 11.2 Å². The molecule has 0 spiro atoms. The van der Waals surface area contributed by atoms with Crippen molar-refractivity contribution in [1.82, 2.24) is 9.88 Å². The van der Waals surface area contributed by atoms with Crippen molar-refractivity contribution >= 4 is 17.5 Å². The molecule has 1 aromatic carbocycles. The van der Waals surface area contributed by atoms with Crippen molar-refractivity contribution < 1.29 is 27.8 Å². The van der Waals surface area contributed by atoms with Gasteiger partial charge < -0.3 is 14.7 Å². The highest BCUT2D eigenvalue weighted by Gasteiger charge is 2.32. The van der Waals surface area contributed by atoms with Crippen molar-refractivity contribution in [3.8, 4) is 5.75 Å². The van der Waals surface area contributed by atoms with Crippen molar-refractivity contribution in [2.75, 3.05) is 13.1 Å². The van der Waals surface area contributed by atoms with Crippen LogP contribution in [0.15, 0.2) is 42.7 Å². The summed E-state index contributed by atoms with van der Waals surface area (Å²) in [4.78, 5) is 18.1. The molecule has 1 atom stereocenters. The number of aromatic nitrogens is 1. The van der Waals surface area contributed by atoms with E-state index >= 15 is 0 Å². The molecule has 0 aliphatic carbocycles. The second-order valence-electron chi connectivity index (χ2n) is 6.13. The Kier molecular flexibility index (Phi) is 7.65. The Hall–Kier alpha value is -2.32. The van der Waals surface area contributed by atoms with Crippen LogP contribution in [-0.4, -0.2) is 40.3 Å². The largest absolute Gasteiger partial charge is 0.573 e. The molecule has 9 heteroatoms. The number of benzene rings is 1. The standard InChI is InChI=1S/C19H20ClF3N2O3/c1-2-8-25(12-16(26)14-4-3-7-24-11-14)18(27)10-13-5-6-17(15(20)9-13)28-19(21,22)23/h3-7,9,11,16,26H,2,8,10,12H2,1H3. The molecule has 1 unspecified atom stereocenters. The Morgan fingerprint density at radius 1 is 1.36 bits per heavy atom. The summed E-state index contributed by atoms with van der Waals surface area (Å²) < 4.78 is 40.8. The molecule has 5 nitrogen and oxygen atoms in total. The SMILES string of the molecule is CCCN(CC(O)c1cccnc1)C(=O)Cc1ccc(OC(F)(F)F)c(Cl)c1. The van der Waals surface area contributed by atoms with Gasteiger partial charge in [0.15, 0.2) is 0 Å². The number of aliphatic hydroxyl groups is 1. The number of rotatable bonds is 8. The molecule has 0 radical (unpaired) electrons. The van der Waals surface area contributed by atoms with Gasteiger partial charge >= 0.3 is 6.36 Å². The minimum atomic E-state index is -4.85. The van der Waals surface area contributed by atoms with Crippen LogP contribution < -0.4 is 4.74 Å². The normalized spacial score (nSPS) is 12.5. The van der Waals surface area contributed by atoms with Gasteiger partial charge in [0.1, 0.15) is 5.75 Å². The topological polar surface area (TPSA) is 62.7 Å². The van der Waals surface area contributed by atoms with Gasteiger partial charge in [0.2, 0.25) is 5.91 Å². The molecule has 0 bridgehead atoms. The van der Waals surface area contributed by atoms with Crippen molar-refractivity contribution in [3.63, 3.8) is 0 Å². The third kappa shape index (κ3) is 6.69. The first-order valence-electron chi connectivity index (χ1n) is 8.59. The molecule has 0 aliphatic rings. The summed E-state index contributed by atoms with van der Waals surface area (Å²) in [6, 6.07) is 7.10. The summed E-state index contributed by atoms with van der Waals surface area (Å²) >= 11 is 5.83. The number of aliphatic hydroxyl groups excluding tert-OH is 1. The second-order valence-corrected chi connectivity index (χ2v) is 6.54. The van der Waals surface area contributed by atoms with Gasteiger partial charge in [-0.1, -0.05) is 30.7 Å². The van der Waals surface area contributed by atoms with E-state index in [0.29, 0.717) is 24.1 Å². The molecular weight excluding hydrogens is 397 g/mol. The summed E-state index contributed by atoms with van der Waals surface area (Å²) in [5.41, 5.74) is 1.04. The number of ether oxygens (including phenoxy) is 1. The van der Waals surface area contributed by atoms with E-state index in [2.05, 4.69) is 9.72 Å². The van der Waals surface area contributed by atoms with E-state index in [-0.39, 0.29) is 23.9 Å². The minimum absolute atomic E-state index is 0.0637. The lowest BCUT2D eigenvalue weighted by molar-refractivity contribution is -0.274. The van der Waals surface area contributed by atoms with Gasteiger partial charge in [-0.3, -0.25) is 9.78 Å². The quantitative estimate of drug-likeness (QED) is 0.702. The first kappa shape index (κ1) is 22.0. The summed E-state index contributed by atoms with van der Waals surface area (Å²) in [5, 5.41) is 10.1. The molecule has 2 aromatic rings. The number of amides is 1. The highest BCUT2D eigenvalue weighted by molar-refractivity contribution is 6.32. The van der Waals surface area contributed by atoms with Crippen LogP contribution >= 0.6 is 11.6 Å². The molecule has 0 aliphatic heterocycles. The molecule has 1 aromatic heterocycles. The number of carbonyl (C=O) groups is 1. The van der Waals surface area contributed by atoms with Gasteiger partial charge in [-0.2, -0.15) is 0 Å². The van der Waals surface area contributed by atoms with E-state index in [1.165, 1.54) is 23.2 Å². The smallest absolute Gasteiger partial charge is 0.404 e. The van der Waals surface area contributed by atoms with Gasteiger partial charge in [-0.25, -0.2) is 0 Å². The molecular formula is C19H20ClF3N2O3. The van der Waals surface area contributed by atoms with Crippen LogP contribution in [0.4, 0.5) is 13.2 Å². The maximum Gasteiger partial charge on any atom is 0.573 e. The Morgan fingerprint density at radius 2 is 2.11 bits per heavy atom. The Labute approximate surface area is 165 Å². The zero-order valence-electron chi connectivity index (χ0n) is 15.1. The van der Waals surface area contributed by atoms with E-state index in [9.17, 15) is 23.1 Å². The van der Waals surface area contributed by atoms with Gasteiger partial charge in [0.25, 0.3) is 0 Å². The number of hydrogen-bond acceptors (Lipinski definition) is 4. The highest BCUT2D eigenvalue weighted by atomic mass is 35.5. The molecule has 2 rings (SSSR count). The van der Waals surface area contributed by atoms with E-state index in [1.807, 2.05) is 6.92 Å². The molecule has 28 heavy (non-hydrogen) atoms. The summed E-state index contributed by atoms with van der Waals surface area (Å²) in [6.45, 7) is 2.41. The van der Waals surface area contributed by atoms with Crippen molar-refractivity contribution in [2.24, 2.45) is 0 Å². The maximum absolute atomic E-state index is 12.6. The van der Waals surface area contributed by atoms with Gasteiger partial charge in [-0.15, -0.1) is 13.2 Å². The first-order chi connectivity index (χ1) is 13.2. The number of alkyl halides is 3. The molecule has 0 saturated carbocycles. The number of nitrogens with zero attached hydrogens (tertiary/aromatic N) is 2. The molecule has 0 fully saturated rings. The van der Waals surface area contributed by atoms with Crippen LogP contribution in [0.5, 0.6) is 5.75 Å². The molecule has 1 N–H and O–H groups in total. The highest BCUT2D eigenvalue weighted by Crippen LogP contribution is 2.31. The van der Waals surface area contributed by atoms with Crippen LogP contribution in [0.1, 0.15) is 30.6 Å². The summed E-state index contributed by atoms with van der Waals surface area (Å²) in [5.74, 6) is -0.798. The third-order valence-electron chi connectivity index (χ3n) is 3.89. The number of carbonyl (C=O) groups excluding carboxylic acids is 1. The zero-order chi connectivity index (χ0) is 20.7. The van der Waals surface area contributed by atoms with Gasteiger partial charge in [0, 0.05) is 24.5 Å². The predicted octanol–water partition coefficient (Wildman–Crippen LogP) is 4.15. The van der Waals surface area contributed by atoms with Gasteiger partial charge in [0.05, 0.1) is 24.1 Å².